The van der Waals surface area contributed by atoms with Crippen LogP contribution in [0, 0.1) is 5.92 Å². The van der Waals surface area contributed by atoms with E-state index in [1.165, 1.54) is 0 Å². The average Bonchev–Trinajstić information content (AvgIpc) is 3.08. The summed E-state index contributed by atoms with van der Waals surface area (Å²) in [4.78, 5) is 12.4. The van der Waals surface area contributed by atoms with Crippen molar-refractivity contribution in [2.75, 3.05) is 19.8 Å². The van der Waals surface area contributed by atoms with Gasteiger partial charge in [0, 0.05) is 18.8 Å². The van der Waals surface area contributed by atoms with Crippen molar-refractivity contribution in [3.63, 3.8) is 0 Å². The Bertz CT molecular complexity index is 522. The van der Waals surface area contributed by atoms with E-state index >= 15 is 0 Å². The molecule has 1 amide bonds. The molecule has 3 aliphatic rings. The molecule has 1 unspecified atom stereocenters. The van der Waals surface area contributed by atoms with E-state index in [2.05, 4.69) is 5.32 Å². The van der Waals surface area contributed by atoms with E-state index in [-0.39, 0.29) is 18.6 Å². The number of hydrogen-bond acceptors (Lipinski definition) is 3. The average molecular weight is 273 g/mol. The third kappa shape index (κ3) is 2.49. The zero-order chi connectivity index (χ0) is 13.9. The lowest BCUT2D eigenvalue weighted by molar-refractivity contribution is -0.119. The van der Waals surface area contributed by atoms with Gasteiger partial charge >= 0.3 is 0 Å². The number of aliphatic hydroxyl groups excluding tert-OH is 1. The summed E-state index contributed by atoms with van der Waals surface area (Å²) in [6.07, 6.45) is 11.5. The molecule has 0 aromatic heterocycles. The quantitative estimate of drug-likeness (QED) is 0.810. The lowest BCUT2D eigenvalue weighted by atomic mass is 9.91. The molecule has 0 saturated carbocycles. The topological polar surface area (TPSA) is 58.6 Å². The summed E-state index contributed by atoms with van der Waals surface area (Å²) in [6, 6.07) is -0.189. The summed E-state index contributed by atoms with van der Waals surface area (Å²) in [7, 11) is 0. The van der Waals surface area contributed by atoms with Crippen molar-refractivity contribution in [2.24, 2.45) is 5.92 Å². The second kappa shape index (κ2) is 5.77. The highest BCUT2D eigenvalue weighted by atomic mass is 16.5. The molecule has 4 nitrogen and oxygen atoms in total. The molecule has 1 aliphatic heterocycles. The van der Waals surface area contributed by atoms with Crippen LogP contribution < -0.4 is 5.32 Å². The van der Waals surface area contributed by atoms with Crippen LogP contribution in [0.2, 0.25) is 0 Å². The van der Waals surface area contributed by atoms with Crippen LogP contribution in [0.4, 0.5) is 0 Å². The first-order valence-corrected chi connectivity index (χ1v) is 7.10. The van der Waals surface area contributed by atoms with Gasteiger partial charge in [0.2, 0.25) is 0 Å². The van der Waals surface area contributed by atoms with Crippen LogP contribution in [0.25, 0.3) is 0 Å². The lowest BCUT2D eigenvalue weighted by Gasteiger charge is -2.29. The fourth-order valence-electron chi connectivity index (χ4n) is 2.96. The number of allylic oxidation sites excluding steroid dienone is 6. The Balaban J connectivity index is 1.63. The van der Waals surface area contributed by atoms with Gasteiger partial charge in [-0.2, -0.15) is 0 Å². The first-order chi connectivity index (χ1) is 9.79. The summed E-state index contributed by atoms with van der Waals surface area (Å²) in [5.74, 6) is 0.194. The molecule has 4 heteroatoms. The molecule has 1 saturated heterocycles. The number of hydrogen-bond donors (Lipinski definition) is 2. The predicted molar refractivity (Wildman–Crippen MR) is 75.9 cm³/mol. The minimum absolute atomic E-state index is 0.0265. The van der Waals surface area contributed by atoms with Gasteiger partial charge in [0.25, 0.3) is 5.91 Å². The van der Waals surface area contributed by atoms with Gasteiger partial charge in [-0.25, -0.2) is 0 Å². The van der Waals surface area contributed by atoms with E-state index in [1.807, 2.05) is 30.4 Å². The van der Waals surface area contributed by atoms with E-state index in [0.717, 1.165) is 24.0 Å². The number of rotatable bonds is 4. The van der Waals surface area contributed by atoms with E-state index < -0.39 is 0 Å². The van der Waals surface area contributed by atoms with Crippen molar-refractivity contribution in [3.8, 4) is 0 Å². The Kier molecular flexibility index (Phi) is 3.85. The first kappa shape index (κ1) is 13.3. The predicted octanol–water partition coefficient (Wildman–Crippen LogP) is 1.25. The number of carbonyl (C=O) groups is 1. The Morgan fingerprint density at radius 1 is 1.35 bits per heavy atom. The molecule has 0 aromatic rings. The Hall–Kier alpha value is -1.65. The maximum Gasteiger partial charge on any atom is 0.252 e. The summed E-state index contributed by atoms with van der Waals surface area (Å²) in [5, 5.41) is 12.5. The summed E-state index contributed by atoms with van der Waals surface area (Å²) in [5.41, 5.74) is 2.75. The van der Waals surface area contributed by atoms with Crippen LogP contribution in [0.3, 0.4) is 0 Å². The smallest absolute Gasteiger partial charge is 0.252 e. The zero-order valence-corrected chi connectivity index (χ0v) is 11.3. The molecular weight excluding hydrogens is 254 g/mol. The molecule has 0 bridgehead atoms. The Morgan fingerprint density at radius 2 is 2.15 bits per heavy atom. The highest BCUT2D eigenvalue weighted by molar-refractivity contribution is 6.02. The van der Waals surface area contributed by atoms with E-state index in [4.69, 9.17) is 4.74 Å². The second-order valence-corrected chi connectivity index (χ2v) is 5.35. The molecule has 0 aromatic carbocycles. The van der Waals surface area contributed by atoms with Crippen molar-refractivity contribution in [1.82, 2.24) is 5.32 Å². The normalized spacial score (nSPS) is 22.9. The largest absolute Gasteiger partial charge is 0.394 e. The standard InChI is InChI=1S/C16H19NO3/c18-10-15(12-6-8-20-9-7-12)17-16(19)14-5-4-11-2-1-3-13(11)14/h1-5,12,15,18H,6-10H2,(H,17,19). The minimum atomic E-state index is -0.189. The summed E-state index contributed by atoms with van der Waals surface area (Å²) in [6.45, 7) is 1.39. The molecule has 20 heavy (non-hydrogen) atoms. The van der Waals surface area contributed by atoms with Crippen LogP contribution in [0.15, 0.2) is 47.1 Å². The van der Waals surface area contributed by atoms with Crippen molar-refractivity contribution >= 4 is 5.91 Å². The molecule has 0 radical (unpaired) electrons. The van der Waals surface area contributed by atoms with Gasteiger partial charge in [-0.05, 0) is 36.0 Å². The molecular formula is C16H19NO3. The first-order valence-electron chi connectivity index (χ1n) is 7.10. The van der Waals surface area contributed by atoms with E-state index in [0.29, 0.717) is 24.7 Å². The van der Waals surface area contributed by atoms with Gasteiger partial charge in [0.05, 0.1) is 12.6 Å². The maximum absolute atomic E-state index is 12.4. The Morgan fingerprint density at radius 3 is 2.90 bits per heavy atom. The van der Waals surface area contributed by atoms with Crippen LogP contribution in [0.5, 0.6) is 0 Å². The van der Waals surface area contributed by atoms with Crippen molar-refractivity contribution in [1.29, 1.82) is 0 Å². The summed E-state index contributed by atoms with van der Waals surface area (Å²) < 4.78 is 5.32. The van der Waals surface area contributed by atoms with Crippen molar-refractivity contribution < 1.29 is 14.6 Å². The van der Waals surface area contributed by atoms with Gasteiger partial charge in [-0.15, -0.1) is 0 Å². The molecule has 1 heterocycles. The van der Waals surface area contributed by atoms with Gasteiger partial charge in [-0.1, -0.05) is 24.3 Å². The molecule has 2 N–H and O–H groups in total. The number of carbonyl (C=O) groups excluding carboxylic acids is 1. The van der Waals surface area contributed by atoms with Gasteiger partial charge in [0.15, 0.2) is 0 Å². The lowest BCUT2D eigenvalue weighted by Crippen LogP contribution is -2.45. The number of ether oxygens (including phenoxy) is 1. The van der Waals surface area contributed by atoms with Gasteiger partial charge < -0.3 is 15.2 Å². The summed E-state index contributed by atoms with van der Waals surface area (Å²) >= 11 is 0. The third-order valence-corrected chi connectivity index (χ3v) is 4.16. The molecule has 2 aliphatic carbocycles. The van der Waals surface area contributed by atoms with E-state index in [9.17, 15) is 9.90 Å². The van der Waals surface area contributed by atoms with Crippen molar-refractivity contribution in [3.05, 3.63) is 47.1 Å². The van der Waals surface area contributed by atoms with Crippen LogP contribution >= 0.6 is 0 Å². The van der Waals surface area contributed by atoms with Crippen molar-refractivity contribution in [2.45, 2.75) is 18.9 Å². The maximum atomic E-state index is 12.4. The molecule has 1 atom stereocenters. The van der Waals surface area contributed by atoms with E-state index in [1.54, 1.807) is 0 Å². The highest BCUT2D eigenvalue weighted by Gasteiger charge is 2.28. The fourth-order valence-corrected chi connectivity index (χ4v) is 2.96. The van der Waals surface area contributed by atoms with Crippen LogP contribution in [0.1, 0.15) is 12.8 Å². The molecule has 3 rings (SSSR count). The fraction of sp³-hybridized carbons (Fsp3) is 0.438. The number of amides is 1. The van der Waals surface area contributed by atoms with Crippen LogP contribution in [-0.2, 0) is 9.53 Å². The number of aliphatic hydroxyl groups is 1. The number of fused-ring (bicyclic) bond motifs is 1. The highest BCUT2D eigenvalue weighted by Crippen LogP contribution is 2.31. The van der Waals surface area contributed by atoms with Gasteiger partial charge in [-0.3, -0.25) is 4.79 Å². The third-order valence-electron chi connectivity index (χ3n) is 4.16. The molecule has 106 valence electrons. The monoisotopic (exact) mass is 273 g/mol. The number of nitrogens with one attached hydrogen (secondary N) is 1. The molecule has 0 spiro atoms. The van der Waals surface area contributed by atoms with Gasteiger partial charge in [0.1, 0.15) is 0 Å². The second-order valence-electron chi connectivity index (χ2n) is 5.35. The Labute approximate surface area is 118 Å². The minimum Gasteiger partial charge on any atom is -0.394 e. The van der Waals surface area contributed by atoms with Crippen LogP contribution in [-0.4, -0.2) is 36.9 Å². The molecule has 1 fully saturated rings. The SMILES string of the molecule is O=C(NC(CO)C1CCOCC1)C1=CC=C2C=CC=C21. The zero-order valence-electron chi connectivity index (χ0n) is 11.3.